The standard InChI is InChI=1S/C22H27N3O2/c1-6-20(19-8-7-11-23-14-19)25-16(3)15(2)13-24-17(4)18-9-10-21(26)22(12-18)27-5/h7-14,20,25-26H,4,6H2,1-3,5H3/b16-15+,24-13-/t20-/m0/s1. The van der Waals surface area contributed by atoms with E-state index in [1.807, 2.05) is 26.1 Å². The monoisotopic (exact) mass is 365 g/mol. The number of hydrogen-bond donors (Lipinski definition) is 2. The summed E-state index contributed by atoms with van der Waals surface area (Å²) in [5.74, 6) is 0.492. The lowest BCUT2D eigenvalue weighted by atomic mass is 10.1. The number of methoxy groups -OCH3 is 1. The summed E-state index contributed by atoms with van der Waals surface area (Å²) < 4.78 is 5.13. The number of aliphatic imine (C=N–C) groups is 1. The summed E-state index contributed by atoms with van der Waals surface area (Å²) >= 11 is 0. The number of benzene rings is 1. The molecule has 2 aromatic rings. The number of pyridine rings is 1. The Morgan fingerprint density at radius 1 is 1.37 bits per heavy atom. The first-order valence-electron chi connectivity index (χ1n) is 8.90. The zero-order chi connectivity index (χ0) is 19.8. The van der Waals surface area contributed by atoms with Crippen LogP contribution in [0.1, 0.15) is 44.4 Å². The summed E-state index contributed by atoms with van der Waals surface area (Å²) in [6.07, 6.45) is 6.41. The van der Waals surface area contributed by atoms with Gasteiger partial charge in [0, 0.05) is 29.9 Å². The first-order valence-corrected chi connectivity index (χ1v) is 8.90. The SMILES string of the molecule is C=C(/N=C\C(C)=C(/C)N[C@@H](CC)c1cccnc1)c1ccc(O)c(OC)c1. The molecule has 5 heteroatoms. The molecular formula is C22H27N3O2. The molecule has 1 aromatic carbocycles. The van der Waals surface area contributed by atoms with Crippen molar-refractivity contribution < 1.29 is 9.84 Å². The van der Waals surface area contributed by atoms with E-state index in [4.69, 9.17) is 4.74 Å². The van der Waals surface area contributed by atoms with E-state index < -0.39 is 0 Å². The van der Waals surface area contributed by atoms with Crippen LogP contribution < -0.4 is 10.1 Å². The maximum atomic E-state index is 9.70. The van der Waals surface area contributed by atoms with E-state index in [-0.39, 0.29) is 11.8 Å². The second kappa shape index (κ2) is 9.57. The quantitative estimate of drug-likeness (QED) is 0.655. The largest absolute Gasteiger partial charge is 0.504 e. The highest BCUT2D eigenvalue weighted by molar-refractivity contribution is 5.84. The van der Waals surface area contributed by atoms with Crippen LogP contribution >= 0.6 is 0 Å². The fourth-order valence-electron chi connectivity index (χ4n) is 2.58. The van der Waals surface area contributed by atoms with Crippen LogP contribution in [0.2, 0.25) is 0 Å². The van der Waals surface area contributed by atoms with Crippen LogP contribution in [0.5, 0.6) is 11.5 Å². The Balaban J connectivity index is 2.11. The van der Waals surface area contributed by atoms with Gasteiger partial charge in [0.2, 0.25) is 0 Å². The molecule has 0 bridgehead atoms. The third kappa shape index (κ3) is 5.45. The Bertz CT molecular complexity index is 842. The van der Waals surface area contributed by atoms with Gasteiger partial charge in [0.15, 0.2) is 11.5 Å². The Kier molecular flexibility index (Phi) is 7.17. The summed E-state index contributed by atoms with van der Waals surface area (Å²) in [6.45, 7) is 10.2. The Hall–Kier alpha value is -3.08. The lowest BCUT2D eigenvalue weighted by Gasteiger charge is -2.19. The van der Waals surface area contributed by atoms with Crippen molar-refractivity contribution >= 4 is 11.9 Å². The first kappa shape index (κ1) is 20.2. The molecule has 0 saturated carbocycles. The molecule has 2 N–H and O–H groups in total. The number of nitrogens with one attached hydrogen (secondary N) is 1. The van der Waals surface area contributed by atoms with Gasteiger partial charge in [-0.25, -0.2) is 0 Å². The van der Waals surface area contributed by atoms with Crippen LogP contribution in [0.3, 0.4) is 0 Å². The summed E-state index contributed by atoms with van der Waals surface area (Å²) in [5.41, 5.74) is 4.61. The molecule has 2 rings (SSSR count). The summed E-state index contributed by atoms with van der Waals surface area (Å²) in [6, 6.07) is 9.27. The van der Waals surface area contributed by atoms with E-state index in [1.54, 1.807) is 30.6 Å². The summed E-state index contributed by atoms with van der Waals surface area (Å²) in [5, 5.41) is 13.2. The number of phenols is 1. The van der Waals surface area contributed by atoms with Crippen molar-refractivity contribution in [2.75, 3.05) is 7.11 Å². The van der Waals surface area contributed by atoms with Crippen LogP contribution in [-0.4, -0.2) is 23.4 Å². The Morgan fingerprint density at radius 3 is 2.78 bits per heavy atom. The van der Waals surface area contributed by atoms with Gasteiger partial charge in [0.25, 0.3) is 0 Å². The van der Waals surface area contributed by atoms with E-state index in [0.717, 1.165) is 28.8 Å². The minimum atomic E-state index is 0.0927. The van der Waals surface area contributed by atoms with Gasteiger partial charge in [0.1, 0.15) is 0 Å². The second-order valence-corrected chi connectivity index (χ2v) is 6.29. The van der Waals surface area contributed by atoms with Crippen molar-refractivity contribution in [1.29, 1.82) is 0 Å². The minimum Gasteiger partial charge on any atom is -0.504 e. The molecule has 5 nitrogen and oxygen atoms in total. The number of allylic oxidation sites excluding steroid dienone is 2. The van der Waals surface area contributed by atoms with Crippen LogP contribution in [0, 0.1) is 0 Å². The van der Waals surface area contributed by atoms with Crippen molar-refractivity contribution in [3.63, 3.8) is 0 Å². The van der Waals surface area contributed by atoms with Gasteiger partial charge >= 0.3 is 0 Å². The Labute approximate surface area is 161 Å². The van der Waals surface area contributed by atoms with Gasteiger partial charge in [0.05, 0.1) is 18.8 Å². The molecule has 0 amide bonds. The number of nitrogens with zero attached hydrogens (tertiary/aromatic N) is 2. The molecule has 1 aromatic heterocycles. The predicted molar refractivity (Wildman–Crippen MR) is 111 cm³/mol. The predicted octanol–water partition coefficient (Wildman–Crippen LogP) is 4.87. The van der Waals surface area contributed by atoms with Crippen molar-refractivity contribution in [3.8, 4) is 11.5 Å². The molecule has 0 spiro atoms. The summed E-state index contributed by atoms with van der Waals surface area (Å²) in [4.78, 5) is 8.66. The summed E-state index contributed by atoms with van der Waals surface area (Å²) in [7, 11) is 1.51. The van der Waals surface area contributed by atoms with E-state index in [0.29, 0.717) is 11.4 Å². The van der Waals surface area contributed by atoms with Crippen LogP contribution in [0.25, 0.3) is 5.70 Å². The number of hydrogen-bond acceptors (Lipinski definition) is 5. The molecule has 1 heterocycles. The van der Waals surface area contributed by atoms with E-state index in [2.05, 4.69) is 34.9 Å². The molecule has 0 aliphatic rings. The van der Waals surface area contributed by atoms with Gasteiger partial charge in [-0.05, 0) is 55.7 Å². The maximum absolute atomic E-state index is 9.70. The van der Waals surface area contributed by atoms with Crippen LogP contribution in [0.15, 0.2) is 65.6 Å². The highest BCUT2D eigenvalue weighted by Gasteiger charge is 2.10. The molecule has 0 saturated heterocycles. The molecule has 0 aliphatic heterocycles. The van der Waals surface area contributed by atoms with Crippen molar-refractivity contribution in [2.24, 2.45) is 4.99 Å². The molecule has 0 radical (unpaired) electrons. The van der Waals surface area contributed by atoms with Gasteiger partial charge in [-0.15, -0.1) is 0 Å². The number of rotatable bonds is 8. The van der Waals surface area contributed by atoms with Gasteiger partial charge in [-0.1, -0.05) is 19.6 Å². The number of aromatic nitrogens is 1. The Morgan fingerprint density at radius 2 is 2.15 bits per heavy atom. The average molecular weight is 365 g/mol. The second-order valence-electron chi connectivity index (χ2n) is 6.29. The molecule has 27 heavy (non-hydrogen) atoms. The molecule has 0 fully saturated rings. The van der Waals surface area contributed by atoms with E-state index in [1.165, 1.54) is 7.11 Å². The third-order valence-electron chi connectivity index (χ3n) is 4.40. The highest BCUT2D eigenvalue weighted by atomic mass is 16.5. The van der Waals surface area contributed by atoms with Crippen molar-refractivity contribution in [2.45, 2.75) is 33.2 Å². The van der Waals surface area contributed by atoms with E-state index >= 15 is 0 Å². The average Bonchev–Trinajstić information content (AvgIpc) is 2.70. The zero-order valence-corrected chi connectivity index (χ0v) is 16.4. The lowest BCUT2D eigenvalue weighted by Crippen LogP contribution is -2.20. The minimum absolute atomic E-state index is 0.0927. The van der Waals surface area contributed by atoms with Crippen LogP contribution in [-0.2, 0) is 0 Å². The highest BCUT2D eigenvalue weighted by Crippen LogP contribution is 2.29. The molecule has 142 valence electrons. The maximum Gasteiger partial charge on any atom is 0.161 e. The normalized spacial score (nSPS) is 13.2. The lowest BCUT2D eigenvalue weighted by molar-refractivity contribution is 0.373. The molecule has 0 unspecified atom stereocenters. The number of aromatic hydroxyl groups is 1. The van der Waals surface area contributed by atoms with Crippen LogP contribution in [0.4, 0.5) is 0 Å². The molecule has 1 atom stereocenters. The third-order valence-corrected chi connectivity index (χ3v) is 4.40. The van der Waals surface area contributed by atoms with Crippen molar-refractivity contribution in [3.05, 3.63) is 71.7 Å². The fourth-order valence-corrected chi connectivity index (χ4v) is 2.58. The molecular weight excluding hydrogens is 338 g/mol. The number of phenolic OH excluding ortho intramolecular Hbond substituents is 1. The fraction of sp³-hybridized carbons (Fsp3) is 0.273. The van der Waals surface area contributed by atoms with Gasteiger partial charge < -0.3 is 15.2 Å². The first-order chi connectivity index (χ1) is 13.0. The zero-order valence-electron chi connectivity index (χ0n) is 16.4. The smallest absolute Gasteiger partial charge is 0.161 e. The number of ether oxygens (including phenoxy) is 1. The molecule has 0 aliphatic carbocycles. The van der Waals surface area contributed by atoms with Crippen molar-refractivity contribution in [1.82, 2.24) is 10.3 Å². The van der Waals surface area contributed by atoms with Gasteiger partial charge in [-0.3, -0.25) is 9.98 Å². The topological polar surface area (TPSA) is 66.7 Å². The van der Waals surface area contributed by atoms with Gasteiger partial charge in [-0.2, -0.15) is 0 Å². The van der Waals surface area contributed by atoms with E-state index in [9.17, 15) is 5.11 Å².